The highest BCUT2D eigenvalue weighted by atomic mass is 19.1. The van der Waals surface area contributed by atoms with E-state index in [1.54, 1.807) is 18.2 Å². The van der Waals surface area contributed by atoms with E-state index in [1.807, 2.05) is 24.5 Å². The zero-order valence-electron chi connectivity index (χ0n) is 20.5. The third-order valence-electron chi connectivity index (χ3n) is 6.87. The number of fused-ring (bicyclic) bond motifs is 3. The Kier molecular flexibility index (Phi) is 7.36. The highest BCUT2D eigenvalue weighted by molar-refractivity contribution is 5.89. The number of ether oxygens (including phenoxy) is 1. The van der Waals surface area contributed by atoms with Gasteiger partial charge in [0.2, 0.25) is 5.91 Å². The number of unbranched alkanes of at least 4 members (excludes halogenated alkanes) is 1. The van der Waals surface area contributed by atoms with Crippen molar-refractivity contribution in [3.05, 3.63) is 77.9 Å². The average Bonchev–Trinajstić information content (AvgIpc) is 3.52. The third-order valence-corrected chi connectivity index (χ3v) is 6.87. The van der Waals surface area contributed by atoms with Gasteiger partial charge in [-0.15, -0.1) is 0 Å². The molecule has 3 atom stereocenters. The normalized spacial score (nSPS) is 22.1. The maximum atomic E-state index is 13.8. The number of amides is 1. The van der Waals surface area contributed by atoms with Gasteiger partial charge in [-0.05, 0) is 36.6 Å². The zero-order valence-corrected chi connectivity index (χ0v) is 20.5. The molecular weight excluding hydrogens is 459 g/mol. The monoisotopic (exact) mass is 492 g/mol. The predicted octanol–water partition coefficient (Wildman–Crippen LogP) is 3.75. The second kappa shape index (κ2) is 11.0. The fourth-order valence-electron chi connectivity index (χ4n) is 4.81. The van der Waals surface area contributed by atoms with Gasteiger partial charge in [-0.1, -0.05) is 43.7 Å². The highest BCUT2D eigenvalue weighted by Crippen LogP contribution is 2.34. The summed E-state index contributed by atoms with van der Waals surface area (Å²) < 4.78 is 19.6. The Morgan fingerprint density at radius 1 is 1.19 bits per heavy atom. The van der Waals surface area contributed by atoms with Crippen LogP contribution in [0.15, 0.2) is 66.0 Å². The van der Waals surface area contributed by atoms with Gasteiger partial charge in [0.1, 0.15) is 23.6 Å². The molecule has 36 heavy (non-hydrogen) atoms. The molecule has 8 nitrogen and oxygen atoms in total. The van der Waals surface area contributed by atoms with Crippen LogP contribution in [0.1, 0.15) is 56.2 Å². The van der Waals surface area contributed by atoms with Crippen molar-refractivity contribution >= 4 is 11.7 Å². The summed E-state index contributed by atoms with van der Waals surface area (Å²) in [6.45, 7) is 3.08. The summed E-state index contributed by atoms with van der Waals surface area (Å²) >= 11 is 0. The molecule has 3 N–H and O–H groups in total. The van der Waals surface area contributed by atoms with E-state index < -0.39 is 0 Å². The van der Waals surface area contributed by atoms with Crippen LogP contribution in [0, 0.1) is 5.82 Å². The van der Waals surface area contributed by atoms with E-state index in [0.29, 0.717) is 12.0 Å². The lowest BCUT2D eigenvalue weighted by molar-refractivity contribution is -0.121. The summed E-state index contributed by atoms with van der Waals surface area (Å²) in [5.74, 6) is 1.29. The van der Waals surface area contributed by atoms with Crippen molar-refractivity contribution in [2.24, 2.45) is 5.10 Å². The van der Waals surface area contributed by atoms with E-state index >= 15 is 0 Å². The Hall–Kier alpha value is -3.59. The second-order valence-electron chi connectivity index (χ2n) is 9.34. The number of amidine groups is 1. The Labute approximate surface area is 211 Å². The number of hydrazone groups is 1. The van der Waals surface area contributed by atoms with Gasteiger partial charge in [0, 0.05) is 37.3 Å². The molecule has 0 aromatic heterocycles. The van der Waals surface area contributed by atoms with Crippen molar-refractivity contribution in [3.63, 3.8) is 0 Å². The van der Waals surface area contributed by atoms with Crippen molar-refractivity contribution < 1.29 is 13.9 Å². The molecule has 3 heterocycles. The number of hydrogen-bond acceptors (Lipinski definition) is 7. The van der Waals surface area contributed by atoms with Crippen LogP contribution >= 0.6 is 0 Å². The van der Waals surface area contributed by atoms with E-state index in [9.17, 15) is 9.18 Å². The van der Waals surface area contributed by atoms with Gasteiger partial charge in [0.25, 0.3) is 0 Å². The molecule has 1 fully saturated rings. The summed E-state index contributed by atoms with van der Waals surface area (Å²) in [6, 6.07) is 15.2. The van der Waals surface area contributed by atoms with Crippen molar-refractivity contribution in [2.75, 3.05) is 6.61 Å². The molecule has 0 radical (unpaired) electrons. The fraction of sp³-hybridized carbons (Fsp3) is 0.407. The predicted molar refractivity (Wildman–Crippen MR) is 136 cm³/mol. The number of halogens is 1. The number of carbonyl (C=O) groups is 1. The number of nitrogens with zero attached hydrogens (tertiary/aromatic N) is 3. The molecule has 1 amide bonds. The molecule has 0 bridgehead atoms. The van der Waals surface area contributed by atoms with Crippen LogP contribution in [0.3, 0.4) is 0 Å². The van der Waals surface area contributed by atoms with Gasteiger partial charge >= 0.3 is 0 Å². The molecule has 3 aliphatic heterocycles. The molecule has 3 unspecified atom stereocenters. The van der Waals surface area contributed by atoms with Gasteiger partial charge in [-0.25, -0.2) is 9.82 Å². The van der Waals surface area contributed by atoms with Crippen molar-refractivity contribution in [1.82, 2.24) is 26.1 Å². The first-order valence-electron chi connectivity index (χ1n) is 12.7. The smallest absolute Gasteiger partial charge is 0.220 e. The van der Waals surface area contributed by atoms with Crippen LogP contribution in [0.4, 0.5) is 4.39 Å². The van der Waals surface area contributed by atoms with Crippen LogP contribution in [-0.4, -0.2) is 40.5 Å². The molecule has 1 saturated heterocycles. The highest BCUT2D eigenvalue weighted by Gasteiger charge is 2.44. The van der Waals surface area contributed by atoms with E-state index in [-0.39, 0.29) is 42.9 Å². The first-order valence-corrected chi connectivity index (χ1v) is 12.7. The molecule has 2 aromatic carbocycles. The maximum absolute atomic E-state index is 13.8. The lowest BCUT2D eigenvalue weighted by atomic mass is 9.99. The first-order chi connectivity index (χ1) is 17.6. The van der Waals surface area contributed by atoms with Gasteiger partial charge < -0.3 is 20.0 Å². The molecule has 5 rings (SSSR count). The first kappa shape index (κ1) is 24.1. The summed E-state index contributed by atoms with van der Waals surface area (Å²) in [5.41, 5.74) is 8.55. The Morgan fingerprint density at radius 2 is 2.03 bits per heavy atom. The lowest BCUT2D eigenvalue weighted by Crippen LogP contribution is -2.54. The molecule has 9 heteroatoms. The second-order valence-corrected chi connectivity index (χ2v) is 9.34. The van der Waals surface area contributed by atoms with E-state index in [4.69, 9.17) is 4.74 Å². The molecule has 190 valence electrons. The topological polar surface area (TPSA) is 81.2 Å². The standard InChI is InChI=1S/C27H33FN6O2/c1-2-3-16-36-21-10-8-19(9-11-21)23-17-24-27-31-30-25(33(27)14-15-34(24)32-23)12-13-26(35)29-18-20-6-4-5-7-22(20)28/h4-11,14-15,23-24,27,31-32H,2-3,12-13,16-18H2,1H3,(H,29,35). The SMILES string of the molecule is CCCCOc1ccc(C2CC3C4NN=C(CCC(=O)NCc5ccccc5F)N4C=CN3N2)cc1. The number of hydrazine groups is 1. The summed E-state index contributed by atoms with van der Waals surface area (Å²) in [4.78, 5) is 14.5. The van der Waals surface area contributed by atoms with Crippen LogP contribution in [0.5, 0.6) is 5.75 Å². The quantitative estimate of drug-likeness (QED) is 0.439. The van der Waals surface area contributed by atoms with Crippen LogP contribution in [0.25, 0.3) is 0 Å². The molecule has 0 spiro atoms. The maximum Gasteiger partial charge on any atom is 0.220 e. The van der Waals surface area contributed by atoms with Crippen LogP contribution < -0.4 is 20.9 Å². The van der Waals surface area contributed by atoms with E-state index in [0.717, 1.165) is 37.5 Å². The van der Waals surface area contributed by atoms with Crippen molar-refractivity contribution in [2.45, 2.75) is 63.8 Å². The molecule has 0 saturated carbocycles. The number of nitrogens with one attached hydrogen (secondary N) is 3. The molecule has 3 aliphatic rings. The molecular formula is C27H33FN6O2. The Morgan fingerprint density at radius 3 is 2.83 bits per heavy atom. The minimum atomic E-state index is -0.312. The summed E-state index contributed by atoms with van der Waals surface area (Å²) in [6.07, 6.45) is 7.91. The number of benzene rings is 2. The summed E-state index contributed by atoms with van der Waals surface area (Å²) in [7, 11) is 0. The lowest BCUT2D eigenvalue weighted by Gasteiger charge is -2.37. The average molecular weight is 493 g/mol. The van der Waals surface area contributed by atoms with Gasteiger partial charge in [-0.2, -0.15) is 5.10 Å². The number of hydrogen-bond donors (Lipinski definition) is 3. The Balaban J connectivity index is 1.11. The number of rotatable bonds is 10. The van der Waals surface area contributed by atoms with E-state index in [2.05, 4.69) is 50.2 Å². The van der Waals surface area contributed by atoms with Crippen molar-refractivity contribution in [1.29, 1.82) is 0 Å². The summed E-state index contributed by atoms with van der Waals surface area (Å²) in [5, 5.41) is 9.46. The fourth-order valence-corrected chi connectivity index (χ4v) is 4.81. The largest absolute Gasteiger partial charge is 0.494 e. The van der Waals surface area contributed by atoms with Gasteiger partial charge in [0.15, 0.2) is 0 Å². The van der Waals surface area contributed by atoms with Gasteiger partial charge in [0.05, 0.1) is 18.7 Å². The third kappa shape index (κ3) is 5.31. The minimum absolute atomic E-state index is 0.000580. The minimum Gasteiger partial charge on any atom is -0.494 e. The zero-order chi connectivity index (χ0) is 24.9. The van der Waals surface area contributed by atoms with E-state index in [1.165, 1.54) is 11.6 Å². The van der Waals surface area contributed by atoms with Crippen LogP contribution in [-0.2, 0) is 11.3 Å². The Bertz CT molecular complexity index is 1120. The van der Waals surface area contributed by atoms with Gasteiger partial charge in [-0.3, -0.25) is 10.2 Å². The number of carbonyl (C=O) groups excluding carboxylic acids is 1. The molecule has 0 aliphatic carbocycles. The molecule has 2 aromatic rings. The van der Waals surface area contributed by atoms with Crippen molar-refractivity contribution in [3.8, 4) is 5.75 Å². The van der Waals surface area contributed by atoms with Crippen LogP contribution in [0.2, 0.25) is 0 Å².